The molecule has 1 N–H and O–H groups in total. The molecule has 4 aliphatic rings. The summed E-state index contributed by atoms with van der Waals surface area (Å²) in [5, 5.41) is 10.5. The summed E-state index contributed by atoms with van der Waals surface area (Å²) < 4.78 is 6.21. The molecule has 0 spiro atoms. The average molecular weight is 429 g/mol. The van der Waals surface area contributed by atoms with Gasteiger partial charge in [-0.1, -0.05) is 65.5 Å². The first-order chi connectivity index (χ1) is 14.7. The van der Waals surface area contributed by atoms with Crippen molar-refractivity contribution in [2.45, 2.75) is 117 Å². The minimum absolute atomic E-state index is 0.154. The van der Waals surface area contributed by atoms with Crippen LogP contribution in [0.25, 0.3) is 0 Å². The highest BCUT2D eigenvalue weighted by atomic mass is 16.4. The van der Waals surface area contributed by atoms with Gasteiger partial charge in [-0.3, -0.25) is 0 Å². The zero-order chi connectivity index (χ0) is 22.4. The SMILES string of the molecule is BOC1C=C2CC(O)CCCC2(C)C2CCC3(C)C(C(C)CCCC(C)C)CCC3C12. The van der Waals surface area contributed by atoms with E-state index in [4.69, 9.17) is 4.65 Å². The quantitative estimate of drug-likeness (QED) is 0.396. The van der Waals surface area contributed by atoms with Crippen LogP contribution in [-0.4, -0.2) is 25.4 Å². The van der Waals surface area contributed by atoms with E-state index in [0.29, 0.717) is 11.3 Å². The molecule has 2 nitrogen and oxygen atoms in total. The van der Waals surface area contributed by atoms with E-state index in [0.717, 1.165) is 42.4 Å². The van der Waals surface area contributed by atoms with E-state index in [1.54, 1.807) is 0 Å². The molecular weight excluding hydrogens is 379 g/mol. The van der Waals surface area contributed by atoms with Crippen LogP contribution in [0.1, 0.15) is 105 Å². The zero-order valence-corrected chi connectivity index (χ0v) is 21.3. The standard InChI is InChI=1S/C28H49BO2/c1-18(2)8-6-9-19(3)22-11-12-23-26-24(13-15-28(22,23)5)27(4)14-7-10-21(30)16-20(27)17-25(26)31-29/h17-19,21-26,30H,6-16,29H2,1-5H3. The number of hydrogen-bond donors (Lipinski definition) is 1. The van der Waals surface area contributed by atoms with Gasteiger partial charge in [-0.15, -0.1) is 0 Å². The van der Waals surface area contributed by atoms with Crippen LogP contribution in [-0.2, 0) is 4.65 Å². The van der Waals surface area contributed by atoms with Crippen molar-refractivity contribution in [1.29, 1.82) is 0 Å². The van der Waals surface area contributed by atoms with E-state index in [-0.39, 0.29) is 17.6 Å². The fraction of sp³-hybridized carbons (Fsp3) is 0.929. The monoisotopic (exact) mass is 428 g/mol. The molecule has 0 aromatic rings. The summed E-state index contributed by atoms with van der Waals surface area (Å²) in [6.45, 7) is 12.5. The maximum absolute atomic E-state index is 10.5. The highest BCUT2D eigenvalue weighted by Crippen LogP contribution is 2.67. The maximum atomic E-state index is 10.5. The average Bonchev–Trinajstić information content (AvgIpc) is 2.98. The Morgan fingerprint density at radius 2 is 1.84 bits per heavy atom. The first-order valence-corrected chi connectivity index (χ1v) is 13.6. The Hall–Kier alpha value is -0.275. The molecule has 0 radical (unpaired) electrons. The molecule has 3 saturated carbocycles. The molecule has 3 fully saturated rings. The summed E-state index contributed by atoms with van der Waals surface area (Å²) in [5.74, 6) is 4.77. The van der Waals surface area contributed by atoms with Gasteiger partial charge < -0.3 is 9.76 Å². The molecule has 0 amide bonds. The van der Waals surface area contributed by atoms with E-state index in [1.165, 1.54) is 63.4 Å². The van der Waals surface area contributed by atoms with Crippen LogP contribution in [0.15, 0.2) is 11.6 Å². The van der Waals surface area contributed by atoms with Crippen molar-refractivity contribution in [3.05, 3.63) is 11.6 Å². The van der Waals surface area contributed by atoms with Crippen molar-refractivity contribution in [3.63, 3.8) is 0 Å². The largest absolute Gasteiger partial charge is 0.438 e. The third-order valence-corrected chi connectivity index (χ3v) is 10.8. The summed E-state index contributed by atoms with van der Waals surface area (Å²) in [5.41, 5.74) is 2.28. The Bertz CT molecular complexity index is 659. The summed E-state index contributed by atoms with van der Waals surface area (Å²) in [4.78, 5) is 0. The van der Waals surface area contributed by atoms with Crippen molar-refractivity contribution in [2.75, 3.05) is 0 Å². The van der Waals surface area contributed by atoms with Crippen molar-refractivity contribution in [3.8, 4) is 0 Å². The van der Waals surface area contributed by atoms with Crippen LogP contribution >= 0.6 is 0 Å². The first-order valence-electron chi connectivity index (χ1n) is 13.6. The van der Waals surface area contributed by atoms with Crippen molar-refractivity contribution in [1.82, 2.24) is 0 Å². The lowest BCUT2D eigenvalue weighted by Crippen LogP contribution is -2.54. The summed E-state index contributed by atoms with van der Waals surface area (Å²) >= 11 is 0. The number of aliphatic hydroxyl groups is 1. The lowest BCUT2D eigenvalue weighted by Gasteiger charge is -2.59. The van der Waals surface area contributed by atoms with E-state index < -0.39 is 0 Å². The van der Waals surface area contributed by atoms with Gasteiger partial charge in [0.15, 0.2) is 0 Å². The van der Waals surface area contributed by atoms with E-state index in [9.17, 15) is 5.11 Å². The first kappa shape index (κ1) is 23.9. The Labute approximate surface area is 193 Å². The molecule has 0 saturated heterocycles. The molecule has 0 aromatic carbocycles. The van der Waals surface area contributed by atoms with Gasteiger partial charge in [-0.25, -0.2) is 0 Å². The summed E-state index contributed by atoms with van der Waals surface area (Å²) in [7, 11) is 1.93. The lowest BCUT2D eigenvalue weighted by atomic mass is 9.47. The van der Waals surface area contributed by atoms with Gasteiger partial charge in [0.2, 0.25) is 0 Å². The van der Waals surface area contributed by atoms with E-state index >= 15 is 0 Å². The summed E-state index contributed by atoms with van der Waals surface area (Å²) in [6.07, 6.45) is 16.6. The second kappa shape index (κ2) is 9.17. The van der Waals surface area contributed by atoms with Crippen LogP contribution in [0.5, 0.6) is 0 Å². The molecule has 4 rings (SSSR count). The van der Waals surface area contributed by atoms with Gasteiger partial charge in [0.05, 0.1) is 12.2 Å². The lowest BCUT2D eigenvalue weighted by molar-refractivity contribution is -0.0818. The molecule has 0 aliphatic heterocycles. The predicted molar refractivity (Wildman–Crippen MR) is 132 cm³/mol. The molecule has 0 heterocycles. The fourth-order valence-corrected chi connectivity index (χ4v) is 9.09. The van der Waals surface area contributed by atoms with Crippen molar-refractivity contribution in [2.24, 2.45) is 46.3 Å². The molecule has 0 aromatic heterocycles. The molecule has 3 heteroatoms. The normalized spacial score (nSPS) is 46.0. The maximum Gasteiger partial charge on any atom is 0.258 e. The second-order valence-electron chi connectivity index (χ2n) is 12.9. The second-order valence-corrected chi connectivity index (χ2v) is 12.9. The minimum atomic E-state index is -0.154. The molecule has 31 heavy (non-hydrogen) atoms. The van der Waals surface area contributed by atoms with Gasteiger partial charge in [-0.05, 0) is 97.7 Å². The molecular formula is C28H49BO2. The highest BCUT2D eigenvalue weighted by Gasteiger charge is 2.60. The van der Waals surface area contributed by atoms with E-state index in [2.05, 4.69) is 40.7 Å². The van der Waals surface area contributed by atoms with Gasteiger partial charge in [-0.2, -0.15) is 0 Å². The smallest absolute Gasteiger partial charge is 0.258 e. The topological polar surface area (TPSA) is 29.5 Å². The molecule has 0 bridgehead atoms. The number of fused-ring (bicyclic) bond motifs is 5. The number of rotatable bonds is 6. The highest BCUT2D eigenvalue weighted by molar-refractivity contribution is 5.98. The van der Waals surface area contributed by atoms with Crippen molar-refractivity contribution >= 4 is 8.05 Å². The van der Waals surface area contributed by atoms with Gasteiger partial charge in [0.25, 0.3) is 8.05 Å². The van der Waals surface area contributed by atoms with Crippen LogP contribution in [0.3, 0.4) is 0 Å². The van der Waals surface area contributed by atoms with Crippen molar-refractivity contribution < 1.29 is 9.76 Å². The van der Waals surface area contributed by atoms with Crippen LogP contribution in [0.2, 0.25) is 0 Å². The Kier molecular flexibility index (Phi) is 7.06. The number of aliphatic hydroxyl groups excluding tert-OH is 1. The fourth-order valence-electron chi connectivity index (χ4n) is 9.09. The Morgan fingerprint density at radius 1 is 1.06 bits per heavy atom. The predicted octanol–water partition coefficient (Wildman–Crippen LogP) is 6.32. The van der Waals surface area contributed by atoms with Crippen LogP contribution in [0, 0.1) is 46.3 Å². The third-order valence-electron chi connectivity index (χ3n) is 10.8. The molecule has 9 atom stereocenters. The van der Waals surface area contributed by atoms with Gasteiger partial charge in [0.1, 0.15) is 0 Å². The third kappa shape index (κ3) is 4.20. The number of hydrogen-bond acceptors (Lipinski definition) is 2. The van der Waals surface area contributed by atoms with Gasteiger partial charge >= 0.3 is 0 Å². The van der Waals surface area contributed by atoms with E-state index in [1.807, 2.05) is 8.05 Å². The Morgan fingerprint density at radius 3 is 2.55 bits per heavy atom. The molecule has 176 valence electrons. The zero-order valence-electron chi connectivity index (χ0n) is 21.3. The minimum Gasteiger partial charge on any atom is -0.438 e. The molecule has 9 unspecified atom stereocenters. The van der Waals surface area contributed by atoms with Gasteiger partial charge in [0, 0.05) is 0 Å². The Balaban J connectivity index is 1.58. The van der Waals surface area contributed by atoms with Crippen LogP contribution < -0.4 is 0 Å². The molecule has 4 aliphatic carbocycles. The summed E-state index contributed by atoms with van der Waals surface area (Å²) in [6, 6.07) is 0. The van der Waals surface area contributed by atoms with Crippen LogP contribution in [0.4, 0.5) is 0 Å².